The first-order valence-corrected chi connectivity index (χ1v) is 7.39. The van der Waals surface area contributed by atoms with Gasteiger partial charge in [0.15, 0.2) is 0 Å². The van der Waals surface area contributed by atoms with Gasteiger partial charge in [0.1, 0.15) is 6.10 Å². The van der Waals surface area contributed by atoms with E-state index in [-0.39, 0.29) is 12.2 Å². The molecule has 0 bridgehead atoms. The first-order valence-electron chi connectivity index (χ1n) is 7.39. The zero-order valence-electron chi connectivity index (χ0n) is 12.3. The van der Waals surface area contributed by atoms with Crippen molar-refractivity contribution in [1.29, 1.82) is 0 Å². The second-order valence-electron chi connectivity index (χ2n) is 5.26. The molecule has 0 aliphatic carbocycles. The summed E-state index contributed by atoms with van der Waals surface area (Å²) in [5.41, 5.74) is 0.826. The van der Waals surface area contributed by atoms with Gasteiger partial charge >= 0.3 is 6.09 Å². The van der Waals surface area contributed by atoms with Gasteiger partial charge in [0, 0.05) is 19.3 Å². The van der Waals surface area contributed by atoms with Gasteiger partial charge in [-0.2, -0.15) is 0 Å². The third-order valence-electron chi connectivity index (χ3n) is 3.53. The zero-order chi connectivity index (χ0) is 15.2. The number of nitrogens with zero attached hydrogens (tertiary/aromatic N) is 4. The van der Waals surface area contributed by atoms with E-state index >= 15 is 0 Å². The van der Waals surface area contributed by atoms with Gasteiger partial charge in [0.2, 0.25) is 0 Å². The van der Waals surface area contributed by atoms with Crippen molar-refractivity contribution in [2.75, 3.05) is 39.4 Å². The molecule has 0 saturated carbocycles. The average molecular weight is 305 g/mol. The van der Waals surface area contributed by atoms with E-state index in [1.54, 1.807) is 4.68 Å². The zero-order valence-corrected chi connectivity index (χ0v) is 12.3. The second-order valence-corrected chi connectivity index (χ2v) is 5.26. The van der Waals surface area contributed by atoms with Gasteiger partial charge in [0.25, 0.3) is 0 Å². The fraction of sp³-hybridized carbons (Fsp3) is 0.643. The highest BCUT2D eigenvalue weighted by Crippen LogP contribution is 2.03. The van der Waals surface area contributed by atoms with Gasteiger partial charge in [-0.25, -0.2) is 9.48 Å². The summed E-state index contributed by atoms with van der Waals surface area (Å²) < 4.78 is 12.0. The fourth-order valence-electron chi connectivity index (χ4n) is 2.33. The number of cyclic esters (lactones) is 1. The number of alkyl carbamates (subject to hydrolysis) is 1. The van der Waals surface area contributed by atoms with Gasteiger partial charge in [-0.1, -0.05) is 17.1 Å². The molecule has 0 spiro atoms. The molecular weight excluding hydrogens is 286 g/mol. The highest BCUT2D eigenvalue weighted by atomic mass is 16.6. The Morgan fingerprint density at radius 1 is 1.36 bits per heavy atom. The maximum atomic E-state index is 10.9. The Hall–Kier alpha value is -2.11. The van der Waals surface area contributed by atoms with Gasteiger partial charge in [-0.3, -0.25) is 4.90 Å². The van der Waals surface area contributed by atoms with Crippen molar-refractivity contribution >= 4 is 6.09 Å². The maximum absolute atomic E-state index is 10.9. The number of carbonyl (C=O) groups excluding carboxylic acids is 1. The van der Waals surface area contributed by atoms with E-state index < -0.39 is 0 Å². The Labute approximate surface area is 128 Å². The van der Waals surface area contributed by atoms with Crippen LogP contribution in [-0.2, 0) is 22.4 Å². The minimum atomic E-state index is -0.376. The summed E-state index contributed by atoms with van der Waals surface area (Å²) in [7, 11) is 0. The molecule has 1 amide bonds. The van der Waals surface area contributed by atoms with Crippen molar-refractivity contribution in [2.24, 2.45) is 0 Å². The topological polar surface area (TPSA) is 81.5 Å². The van der Waals surface area contributed by atoms with E-state index in [4.69, 9.17) is 9.47 Å². The number of nitrogens with one attached hydrogen (secondary N) is 1. The Kier molecular flexibility index (Phi) is 4.88. The number of rotatable bonds is 4. The van der Waals surface area contributed by atoms with Gasteiger partial charge in [-0.05, 0) is 0 Å². The summed E-state index contributed by atoms with van der Waals surface area (Å²) in [6, 6.07) is 0. The quantitative estimate of drug-likeness (QED) is 0.738. The maximum Gasteiger partial charge on any atom is 0.407 e. The summed E-state index contributed by atoms with van der Waals surface area (Å²) in [6.45, 7) is 5.24. The van der Waals surface area contributed by atoms with Crippen molar-refractivity contribution in [1.82, 2.24) is 25.2 Å². The lowest BCUT2D eigenvalue weighted by molar-refractivity contribution is 0.0443. The molecule has 2 aliphatic rings. The summed E-state index contributed by atoms with van der Waals surface area (Å²) in [4.78, 5) is 13.2. The van der Waals surface area contributed by atoms with Crippen LogP contribution >= 0.6 is 0 Å². The molecule has 1 N–H and O–H groups in total. The molecule has 22 heavy (non-hydrogen) atoms. The summed E-state index contributed by atoms with van der Waals surface area (Å²) in [5, 5.41) is 10.7. The van der Waals surface area contributed by atoms with Crippen molar-refractivity contribution in [3.8, 4) is 11.8 Å². The van der Waals surface area contributed by atoms with E-state index in [1.807, 2.05) is 6.20 Å². The van der Waals surface area contributed by atoms with Crippen LogP contribution in [-0.4, -0.2) is 71.5 Å². The third kappa shape index (κ3) is 4.19. The Balaban J connectivity index is 1.42. The van der Waals surface area contributed by atoms with Crippen LogP contribution in [0.1, 0.15) is 5.69 Å². The molecular formula is C14H19N5O3. The Bertz CT molecular complexity index is 571. The molecule has 1 unspecified atom stereocenters. The van der Waals surface area contributed by atoms with Gasteiger partial charge in [0.05, 0.1) is 45.0 Å². The van der Waals surface area contributed by atoms with E-state index in [0.717, 1.165) is 38.5 Å². The van der Waals surface area contributed by atoms with Crippen molar-refractivity contribution in [3.05, 3.63) is 11.9 Å². The first-order chi connectivity index (χ1) is 10.8. The predicted octanol–water partition coefficient (Wildman–Crippen LogP) is -0.735. The monoisotopic (exact) mass is 305 g/mol. The highest BCUT2D eigenvalue weighted by Gasteiger charge is 2.23. The third-order valence-corrected chi connectivity index (χ3v) is 3.53. The lowest BCUT2D eigenvalue weighted by atomic mass is 10.3. The SMILES string of the molecule is O=C1NCC(Cn2cc(CC#CCN3CCOCC3)nn2)O1. The molecule has 1 aromatic heterocycles. The molecule has 2 aliphatic heterocycles. The summed E-state index contributed by atoms with van der Waals surface area (Å²) in [5.74, 6) is 6.27. The second kappa shape index (κ2) is 7.24. The number of carbonyl (C=O) groups is 1. The van der Waals surface area contributed by atoms with E-state index in [1.165, 1.54) is 0 Å². The number of hydrogen-bond donors (Lipinski definition) is 1. The minimum absolute atomic E-state index is 0.186. The lowest BCUT2D eigenvalue weighted by Gasteiger charge is -2.24. The summed E-state index contributed by atoms with van der Waals surface area (Å²) >= 11 is 0. The molecule has 2 saturated heterocycles. The molecule has 8 heteroatoms. The summed E-state index contributed by atoms with van der Waals surface area (Å²) in [6.07, 6.45) is 1.86. The molecule has 1 aromatic rings. The van der Waals surface area contributed by atoms with Crippen LogP contribution in [0.2, 0.25) is 0 Å². The Morgan fingerprint density at radius 3 is 3.00 bits per heavy atom. The fourth-order valence-corrected chi connectivity index (χ4v) is 2.33. The van der Waals surface area contributed by atoms with Crippen LogP contribution in [0.4, 0.5) is 4.79 Å². The van der Waals surface area contributed by atoms with E-state index in [0.29, 0.717) is 19.5 Å². The number of amides is 1. The molecule has 118 valence electrons. The first kappa shape index (κ1) is 14.8. The van der Waals surface area contributed by atoms with Gasteiger partial charge in [-0.15, -0.1) is 5.10 Å². The molecule has 8 nitrogen and oxygen atoms in total. The van der Waals surface area contributed by atoms with E-state index in [2.05, 4.69) is 32.4 Å². The van der Waals surface area contributed by atoms with Crippen LogP contribution in [0, 0.1) is 11.8 Å². The van der Waals surface area contributed by atoms with Crippen LogP contribution in [0.5, 0.6) is 0 Å². The largest absolute Gasteiger partial charge is 0.442 e. The molecule has 0 radical (unpaired) electrons. The lowest BCUT2D eigenvalue weighted by Crippen LogP contribution is -2.36. The Morgan fingerprint density at radius 2 is 2.23 bits per heavy atom. The predicted molar refractivity (Wildman–Crippen MR) is 77.0 cm³/mol. The minimum Gasteiger partial charge on any atom is -0.442 e. The van der Waals surface area contributed by atoms with Crippen LogP contribution in [0.15, 0.2) is 6.20 Å². The number of hydrogen-bond acceptors (Lipinski definition) is 6. The molecule has 2 fully saturated rings. The van der Waals surface area contributed by atoms with Crippen molar-refractivity contribution in [3.63, 3.8) is 0 Å². The standard InChI is InChI=1S/C14H19N5O3/c20-14-15-9-13(22-14)11-19-10-12(16-17-19)3-1-2-4-18-5-7-21-8-6-18/h10,13H,3-9,11H2,(H,15,20). The molecule has 3 rings (SSSR count). The molecule has 0 aromatic carbocycles. The highest BCUT2D eigenvalue weighted by molar-refractivity contribution is 5.69. The van der Waals surface area contributed by atoms with Gasteiger partial charge < -0.3 is 14.8 Å². The number of ether oxygens (including phenoxy) is 2. The molecule has 3 heterocycles. The van der Waals surface area contributed by atoms with Crippen molar-refractivity contribution in [2.45, 2.75) is 19.1 Å². The number of morpholine rings is 1. The van der Waals surface area contributed by atoms with Crippen LogP contribution in [0.25, 0.3) is 0 Å². The van der Waals surface area contributed by atoms with Crippen LogP contribution < -0.4 is 5.32 Å². The molecule has 1 atom stereocenters. The van der Waals surface area contributed by atoms with Crippen molar-refractivity contribution < 1.29 is 14.3 Å². The normalized spacial score (nSPS) is 21.8. The van der Waals surface area contributed by atoms with Crippen LogP contribution in [0.3, 0.4) is 0 Å². The number of aromatic nitrogens is 3. The smallest absolute Gasteiger partial charge is 0.407 e. The van der Waals surface area contributed by atoms with E-state index in [9.17, 15) is 4.79 Å². The average Bonchev–Trinajstić information content (AvgIpc) is 3.14.